The van der Waals surface area contributed by atoms with E-state index in [2.05, 4.69) is 26.3 Å². The zero-order valence-electron chi connectivity index (χ0n) is 15.2. The largest absolute Gasteiger partial charge is 0.320 e. The van der Waals surface area contributed by atoms with Gasteiger partial charge in [0.05, 0.1) is 17.1 Å². The highest BCUT2D eigenvalue weighted by molar-refractivity contribution is 9.10. The lowest BCUT2D eigenvalue weighted by Gasteiger charge is -2.07. The van der Waals surface area contributed by atoms with Crippen LogP contribution in [-0.2, 0) is 4.79 Å². The molecule has 0 aliphatic heterocycles. The van der Waals surface area contributed by atoms with Gasteiger partial charge in [0.15, 0.2) is 0 Å². The van der Waals surface area contributed by atoms with E-state index in [9.17, 15) is 14.4 Å². The molecule has 7 heteroatoms. The van der Waals surface area contributed by atoms with Crippen LogP contribution in [0.3, 0.4) is 0 Å². The summed E-state index contributed by atoms with van der Waals surface area (Å²) in [6.45, 7) is 3.62. The summed E-state index contributed by atoms with van der Waals surface area (Å²) in [7, 11) is 0. The number of aryl methyl sites for hydroxylation is 1. The van der Waals surface area contributed by atoms with Gasteiger partial charge in [0, 0.05) is 15.7 Å². The van der Waals surface area contributed by atoms with Crippen LogP contribution in [0.5, 0.6) is 0 Å². The van der Waals surface area contributed by atoms with Crippen molar-refractivity contribution in [3.05, 3.63) is 81.3 Å². The van der Waals surface area contributed by atoms with Crippen LogP contribution in [0.25, 0.3) is 11.8 Å². The number of rotatable bonds is 4. The zero-order chi connectivity index (χ0) is 20.3. The Hall–Kier alpha value is -3.24. The van der Waals surface area contributed by atoms with E-state index in [0.717, 1.165) is 10.2 Å². The van der Waals surface area contributed by atoms with Crippen LogP contribution >= 0.6 is 15.9 Å². The fraction of sp³-hybridized carbons (Fsp3) is 0.0952. The first-order valence-electron chi connectivity index (χ1n) is 8.40. The second-order valence-corrected chi connectivity index (χ2v) is 6.93. The Morgan fingerprint density at radius 3 is 2.54 bits per heavy atom. The highest BCUT2D eigenvalue weighted by Crippen LogP contribution is 2.24. The highest BCUT2D eigenvalue weighted by Gasteiger charge is 2.16. The van der Waals surface area contributed by atoms with E-state index in [1.807, 2.05) is 19.1 Å². The van der Waals surface area contributed by atoms with Crippen LogP contribution in [0, 0.1) is 31.0 Å². The molecule has 1 N–H and O–H groups in total. The zero-order valence-corrected chi connectivity index (χ0v) is 16.8. The number of anilines is 1. The van der Waals surface area contributed by atoms with Gasteiger partial charge in [-0.25, -0.2) is 9.07 Å². The van der Waals surface area contributed by atoms with Crippen LogP contribution in [0.15, 0.2) is 58.6 Å². The van der Waals surface area contributed by atoms with Crippen molar-refractivity contribution in [3.63, 3.8) is 0 Å². The number of para-hydroxylation sites is 1. The lowest BCUT2D eigenvalue weighted by molar-refractivity contribution is -0.112. The summed E-state index contributed by atoms with van der Waals surface area (Å²) in [6, 6.07) is 15.0. The van der Waals surface area contributed by atoms with E-state index >= 15 is 0 Å². The Labute approximate surface area is 170 Å². The first-order valence-corrected chi connectivity index (χ1v) is 9.20. The molecule has 140 valence electrons. The molecule has 0 bridgehead atoms. The average Bonchev–Trinajstić information content (AvgIpc) is 2.96. The Bertz CT molecular complexity index is 1110. The van der Waals surface area contributed by atoms with Crippen LogP contribution in [0.1, 0.15) is 17.0 Å². The van der Waals surface area contributed by atoms with Gasteiger partial charge in [-0.3, -0.25) is 4.79 Å². The number of carbonyl (C=O) groups excluding carboxylic acids is 1. The molecule has 2 aromatic carbocycles. The van der Waals surface area contributed by atoms with E-state index in [4.69, 9.17) is 0 Å². The Kier molecular flexibility index (Phi) is 5.71. The molecule has 28 heavy (non-hydrogen) atoms. The molecule has 1 heterocycles. The van der Waals surface area contributed by atoms with Crippen LogP contribution in [0.2, 0.25) is 0 Å². The fourth-order valence-electron chi connectivity index (χ4n) is 2.74. The number of nitriles is 1. The van der Waals surface area contributed by atoms with Gasteiger partial charge < -0.3 is 5.32 Å². The van der Waals surface area contributed by atoms with Crippen LogP contribution < -0.4 is 5.32 Å². The molecule has 3 aromatic rings. The molecule has 1 amide bonds. The third kappa shape index (κ3) is 4.02. The van der Waals surface area contributed by atoms with E-state index < -0.39 is 5.91 Å². The minimum absolute atomic E-state index is 0.0411. The summed E-state index contributed by atoms with van der Waals surface area (Å²) in [5.41, 5.74) is 3.29. The normalized spacial score (nSPS) is 11.2. The number of carbonyl (C=O) groups is 1. The molecule has 0 radical (unpaired) electrons. The molecule has 0 aliphatic rings. The second-order valence-electron chi connectivity index (χ2n) is 6.08. The van der Waals surface area contributed by atoms with Gasteiger partial charge in [-0.1, -0.05) is 12.1 Å². The topological polar surface area (TPSA) is 70.7 Å². The van der Waals surface area contributed by atoms with Gasteiger partial charge in [-0.05, 0) is 72.3 Å². The Morgan fingerprint density at radius 1 is 1.21 bits per heavy atom. The predicted molar refractivity (Wildman–Crippen MR) is 109 cm³/mol. The van der Waals surface area contributed by atoms with Crippen molar-refractivity contribution in [3.8, 4) is 11.8 Å². The van der Waals surface area contributed by atoms with Crippen molar-refractivity contribution in [1.29, 1.82) is 5.26 Å². The third-order valence-electron chi connectivity index (χ3n) is 4.19. The van der Waals surface area contributed by atoms with Crippen LogP contribution in [0.4, 0.5) is 10.1 Å². The highest BCUT2D eigenvalue weighted by atomic mass is 79.9. The van der Waals surface area contributed by atoms with Crippen molar-refractivity contribution in [2.45, 2.75) is 13.8 Å². The van der Waals surface area contributed by atoms with Gasteiger partial charge in [-0.15, -0.1) is 0 Å². The number of aromatic nitrogens is 2. The number of amides is 1. The first-order chi connectivity index (χ1) is 13.4. The fourth-order valence-corrected chi connectivity index (χ4v) is 3.13. The summed E-state index contributed by atoms with van der Waals surface area (Å²) < 4.78 is 15.6. The van der Waals surface area contributed by atoms with Gasteiger partial charge in [-0.2, -0.15) is 10.4 Å². The SMILES string of the molecule is Cc1nn(-c2ccc(F)cc2)c(C)c1/C=C(/C#N)C(=O)Nc1ccccc1Br. The Balaban J connectivity index is 1.95. The Morgan fingerprint density at radius 2 is 1.89 bits per heavy atom. The molecule has 5 nitrogen and oxygen atoms in total. The van der Waals surface area contributed by atoms with Crippen LogP contribution in [-0.4, -0.2) is 15.7 Å². The predicted octanol–water partition coefficient (Wildman–Crippen LogP) is 4.94. The van der Waals surface area contributed by atoms with E-state index in [0.29, 0.717) is 22.6 Å². The summed E-state index contributed by atoms with van der Waals surface area (Å²) in [4.78, 5) is 12.5. The minimum Gasteiger partial charge on any atom is -0.320 e. The monoisotopic (exact) mass is 438 g/mol. The molecule has 0 saturated heterocycles. The minimum atomic E-state index is -0.511. The average molecular weight is 439 g/mol. The first kappa shape index (κ1) is 19.5. The molecule has 0 aliphatic carbocycles. The van der Waals surface area contributed by atoms with Crippen molar-refractivity contribution >= 4 is 33.6 Å². The summed E-state index contributed by atoms with van der Waals surface area (Å²) >= 11 is 3.36. The number of hydrogen-bond acceptors (Lipinski definition) is 3. The summed E-state index contributed by atoms with van der Waals surface area (Å²) in [5.74, 6) is -0.844. The number of nitrogens with zero attached hydrogens (tertiary/aromatic N) is 3. The van der Waals surface area contributed by atoms with E-state index in [1.165, 1.54) is 18.2 Å². The van der Waals surface area contributed by atoms with Gasteiger partial charge >= 0.3 is 0 Å². The maximum Gasteiger partial charge on any atom is 0.266 e. The van der Waals surface area contributed by atoms with E-state index in [1.54, 1.807) is 41.9 Å². The van der Waals surface area contributed by atoms with Gasteiger partial charge in [0.2, 0.25) is 0 Å². The molecule has 0 atom stereocenters. The molecular weight excluding hydrogens is 423 g/mol. The molecule has 0 spiro atoms. The standard InChI is InChI=1S/C21H16BrFN4O/c1-13-18(14(2)27(26-13)17-9-7-16(23)8-10-17)11-15(12-24)21(28)25-20-6-4-3-5-19(20)22/h3-11H,1-2H3,(H,25,28)/b15-11-. The number of hydrogen-bond donors (Lipinski definition) is 1. The molecule has 0 saturated carbocycles. The number of benzene rings is 2. The smallest absolute Gasteiger partial charge is 0.266 e. The third-order valence-corrected chi connectivity index (χ3v) is 4.89. The van der Waals surface area contributed by atoms with Gasteiger partial charge in [0.25, 0.3) is 5.91 Å². The maximum atomic E-state index is 13.2. The maximum absolute atomic E-state index is 13.2. The summed E-state index contributed by atoms with van der Waals surface area (Å²) in [5, 5.41) is 16.7. The lowest BCUT2D eigenvalue weighted by Crippen LogP contribution is -2.13. The molecule has 0 unspecified atom stereocenters. The van der Waals surface area contributed by atoms with Crippen molar-refractivity contribution in [1.82, 2.24) is 9.78 Å². The quantitative estimate of drug-likeness (QED) is 0.463. The lowest BCUT2D eigenvalue weighted by atomic mass is 10.1. The van der Waals surface area contributed by atoms with Crippen molar-refractivity contribution < 1.29 is 9.18 Å². The number of halogens is 2. The van der Waals surface area contributed by atoms with Crippen molar-refractivity contribution in [2.75, 3.05) is 5.32 Å². The summed E-state index contributed by atoms with van der Waals surface area (Å²) in [6.07, 6.45) is 1.52. The molecule has 1 aromatic heterocycles. The van der Waals surface area contributed by atoms with E-state index in [-0.39, 0.29) is 11.4 Å². The molecule has 0 fully saturated rings. The number of nitrogens with one attached hydrogen (secondary N) is 1. The molecular formula is C21H16BrFN4O. The van der Waals surface area contributed by atoms with Crippen molar-refractivity contribution in [2.24, 2.45) is 0 Å². The van der Waals surface area contributed by atoms with Gasteiger partial charge in [0.1, 0.15) is 17.5 Å². The second kappa shape index (κ2) is 8.19. The molecule has 3 rings (SSSR count).